The first-order valence-corrected chi connectivity index (χ1v) is 8.52. The highest BCUT2D eigenvalue weighted by molar-refractivity contribution is 7.09. The van der Waals surface area contributed by atoms with Crippen LogP contribution >= 0.6 is 11.3 Å². The van der Waals surface area contributed by atoms with E-state index in [2.05, 4.69) is 10.3 Å². The fourth-order valence-corrected chi connectivity index (χ4v) is 2.92. The number of amides is 1. The molecular formula is C17H18N2O4S. The monoisotopic (exact) mass is 346 g/mol. The van der Waals surface area contributed by atoms with Gasteiger partial charge in [-0.25, -0.2) is 4.98 Å². The fourth-order valence-electron chi connectivity index (χ4n) is 2.33. The van der Waals surface area contributed by atoms with Crippen LogP contribution in [0.4, 0.5) is 0 Å². The van der Waals surface area contributed by atoms with Gasteiger partial charge in [0.2, 0.25) is 0 Å². The number of rotatable bonds is 7. The molecule has 6 nitrogen and oxygen atoms in total. The number of carboxylic acids is 1. The highest BCUT2D eigenvalue weighted by Gasteiger charge is 2.50. The molecule has 0 saturated heterocycles. The number of nitrogens with one attached hydrogen (secondary N) is 1. The van der Waals surface area contributed by atoms with E-state index < -0.39 is 11.4 Å². The molecule has 3 rings (SSSR count). The third kappa shape index (κ3) is 3.73. The van der Waals surface area contributed by atoms with E-state index in [1.807, 2.05) is 12.3 Å². The van der Waals surface area contributed by atoms with Crippen LogP contribution < -0.4 is 10.1 Å². The minimum absolute atomic E-state index is 0.157. The molecule has 1 saturated carbocycles. The average molecular weight is 346 g/mol. The predicted octanol–water partition coefficient (Wildman–Crippen LogP) is 2.63. The van der Waals surface area contributed by atoms with E-state index in [9.17, 15) is 9.59 Å². The summed E-state index contributed by atoms with van der Waals surface area (Å²) in [5.74, 6) is -0.566. The van der Waals surface area contributed by atoms with Crippen molar-refractivity contribution in [3.05, 3.63) is 45.9 Å². The number of carbonyl (C=O) groups excluding carboxylic acids is 1. The summed E-state index contributed by atoms with van der Waals surface area (Å²) in [5.41, 5.74) is 0.527. The molecule has 2 N–H and O–H groups in total. The molecule has 1 aromatic carbocycles. The van der Waals surface area contributed by atoms with E-state index in [1.165, 1.54) is 0 Å². The second kappa shape index (κ2) is 6.60. The lowest BCUT2D eigenvalue weighted by atomic mass is 10.1. The van der Waals surface area contributed by atoms with Gasteiger partial charge < -0.3 is 15.2 Å². The van der Waals surface area contributed by atoms with Gasteiger partial charge >= 0.3 is 5.97 Å². The summed E-state index contributed by atoms with van der Waals surface area (Å²) in [6, 6.07) is 6.83. The Balaban J connectivity index is 1.58. The number of nitrogens with zero attached hydrogens (tertiary/aromatic N) is 1. The molecule has 1 aromatic heterocycles. The molecule has 1 fully saturated rings. The number of aryl methyl sites for hydroxylation is 1. The quantitative estimate of drug-likeness (QED) is 0.804. The number of hydrogen-bond acceptors (Lipinski definition) is 5. The highest BCUT2D eigenvalue weighted by Crippen LogP contribution is 2.45. The van der Waals surface area contributed by atoms with Crippen LogP contribution in [-0.4, -0.2) is 28.5 Å². The van der Waals surface area contributed by atoms with E-state index in [0.29, 0.717) is 30.8 Å². The van der Waals surface area contributed by atoms with Crippen molar-refractivity contribution in [1.29, 1.82) is 0 Å². The van der Waals surface area contributed by atoms with Crippen molar-refractivity contribution >= 4 is 23.2 Å². The largest absolute Gasteiger partial charge is 0.487 e. The average Bonchev–Trinajstić information content (AvgIpc) is 3.26. The zero-order chi connectivity index (χ0) is 17.2. The molecule has 0 unspecified atom stereocenters. The molecule has 1 amide bonds. The Morgan fingerprint density at radius 2 is 2.21 bits per heavy atom. The first-order valence-electron chi connectivity index (χ1n) is 7.64. The summed E-state index contributed by atoms with van der Waals surface area (Å²) in [5, 5.41) is 14.8. The standard InChI is InChI=1S/C17H18N2O4S/c1-11-19-13(9-24-11)8-23-14-4-2-3-12(7-14)15(20)18-10-17(5-6-17)16(21)22/h2-4,7,9H,5-6,8,10H2,1H3,(H,18,20)(H,21,22). The Morgan fingerprint density at radius 1 is 1.42 bits per heavy atom. The summed E-state index contributed by atoms with van der Waals surface area (Å²) in [6.45, 7) is 2.44. The molecule has 126 valence electrons. The van der Waals surface area contributed by atoms with Crippen LogP contribution in [0.5, 0.6) is 5.75 Å². The minimum atomic E-state index is -0.849. The summed E-state index contributed by atoms with van der Waals surface area (Å²) in [4.78, 5) is 27.7. The Morgan fingerprint density at radius 3 is 2.83 bits per heavy atom. The Kier molecular flexibility index (Phi) is 4.53. The van der Waals surface area contributed by atoms with Crippen LogP contribution in [0.2, 0.25) is 0 Å². The third-order valence-electron chi connectivity index (χ3n) is 4.04. The summed E-state index contributed by atoms with van der Waals surface area (Å²) < 4.78 is 5.66. The fraction of sp³-hybridized carbons (Fsp3) is 0.353. The summed E-state index contributed by atoms with van der Waals surface area (Å²) >= 11 is 1.56. The number of aromatic nitrogens is 1. The van der Waals surface area contributed by atoms with E-state index in [-0.39, 0.29) is 12.5 Å². The summed E-state index contributed by atoms with van der Waals surface area (Å²) in [6.07, 6.45) is 1.22. The van der Waals surface area contributed by atoms with Gasteiger partial charge in [0.05, 0.1) is 16.1 Å². The smallest absolute Gasteiger partial charge is 0.311 e. The normalized spacial score (nSPS) is 14.9. The zero-order valence-corrected chi connectivity index (χ0v) is 14.1. The van der Waals surface area contributed by atoms with E-state index in [4.69, 9.17) is 9.84 Å². The van der Waals surface area contributed by atoms with Gasteiger partial charge in [-0.05, 0) is 38.0 Å². The van der Waals surface area contributed by atoms with Crippen LogP contribution in [0.15, 0.2) is 29.6 Å². The second-order valence-corrected chi connectivity index (χ2v) is 7.00. The minimum Gasteiger partial charge on any atom is -0.487 e. The van der Waals surface area contributed by atoms with Gasteiger partial charge in [0, 0.05) is 17.5 Å². The van der Waals surface area contributed by atoms with Gasteiger partial charge in [0.1, 0.15) is 12.4 Å². The SMILES string of the molecule is Cc1nc(COc2cccc(C(=O)NCC3(C(=O)O)CC3)c2)cs1. The van der Waals surface area contributed by atoms with Gasteiger partial charge in [0.15, 0.2) is 0 Å². The van der Waals surface area contributed by atoms with Crippen molar-refractivity contribution in [3.8, 4) is 5.75 Å². The van der Waals surface area contributed by atoms with Crippen LogP contribution in [0, 0.1) is 12.3 Å². The van der Waals surface area contributed by atoms with Crippen LogP contribution in [0.25, 0.3) is 0 Å². The molecule has 24 heavy (non-hydrogen) atoms. The first kappa shape index (κ1) is 16.4. The number of aliphatic carboxylic acids is 1. The third-order valence-corrected chi connectivity index (χ3v) is 4.87. The molecule has 0 radical (unpaired) electrons. The van der Waals surface area contributed by atoms with E-state index in [0.717, 1.165) is 10.7 Å². The molecule has 1 aliphatic carbocycles. The van der Waals surface area contributed by atoms with Gasteiger partial charge in [0.25, 0.3) is 5.91 Å². The Labute approximate surface area is 143 Å². The molecule has 7 heteroatoms. The first-order chi connectivity index (χ1) is 11.5. The lowest BCUT2D eigenvalue weighted by molar-refractivity contribution is -0.143. The number of benzene rings is 1. The number of carboxylic acid groups (broad SMARTS) is 1. The molecule has 0 atom stereocenters. The van der Waals surface area contributed by atoms with E-state index >= 15 is 0 Å². The Hall–Kier alpha value is -2.41. The van der Waals surface area contributed by atoms with Gasteiger partial charge in [-0.15, -0.1) is 11.3 Å². The highest BCUT2D eigenvalue weighted by atomic mass is 32.1. The number of thiazole rings is 1. The van der Waals surface area contributed by atoms with Crippen LogP contribution in [-0.2, 0) is 11.4 Å². The number of hydrogen-bond donors (Lipinski definition) is 2. The van der Waals surface area contributed by atoms with Gasteiger partial charge in [-0.3, -0.25) is 9.59 Å². The molecule has 0 bridgehead atoms. The zero-order valence-electron chi connectivity index (χ0n) is 13.2. The van der Waals surface area contributed by atoms with Crippen molar-refractivity contribution < 1.29 is 19.4 Å². The van der Waals surface area contributed by atoms with Crippen molar-refractivity contribution in [2.75, 3.05) is 6.54 Å². The topological polar surface area (TPSA) is 88.5 Å². The lowest BCUT2D eigenvalue weighted by Gasteiger charge is -2.12. The molecule has 1 aliphatic rings. The maximum atomic E-state index is 12.2. The van der Waals surface area contributed by atoms with Crippen molar-refractivity contribution in [3.63, 3.8) is 0 Å². The summed E-state index contributed by atoms with van der Waals surface area (Å²) in [7, 11) is 0. The molecule has 0 aliphatic heterocycles. The van der Waals surface area contributed by atoms with Crippen molar-refractivity contribution in [2.45, 2.75) is 26.4 Å². The van der Waals surface area contributed by atoms with E-state index in [1.54, 1.807) is 35.6 Å². The molecular weight excluding hydrogens is 328 g/mol. The van der Waals surface area contributed by atoms with Crippen LogP contribution in [0.1, 0.15) is 33.9 Å². The van der Waals surface area contributed by atoms with Crippen molar-refractivity contribution in [2.24, 2.45) is 5.41 Å². The van der Waals surface area contributed by atoms with Gasteiger partial charge in [-0.1, -0.05) is 6.07 Å². The van der Waals surface area contributed by atoms with Crippen LogP contribution in [0.3, 0.4) is 0 Å². The number of carbonyl (C=O) groups is 2. The lowest BCUT2D eigenvalue weighted by Crippen LogP contribution is -2.34. The number of ether oxygens (including phenoxy) is 1. The maximum absolute atomic E-state index is 12.2. The predicted molar refractivity (Wildman–Crippen MR) is 89.3 cm³/mol. The Bertz CT molecular complexity index is 767. The molecule has 2 aromatic rings. The second-order valence-electron chi connectivity index (χ2n) is 5.94. The van der Waals surface area contributed by atoms with Gasteiger partial charge in [-0.2, -0.15) is 0 Å². The van der Waals surface area contributed by atoms with Crippen molar-refractivity contribution in [1.82, 2.24) is 10.3 Å². The maximum Gasteiger partial charge on any atom is 0.311 e. The molecule has 0 spiro atoms. The molecule has 1 heterocycles.